The second kappa shape index (κ2) is 14.7. The van der Waals surface area contributed by atoms with Crippen LogP contribution in [0.2, 0.25) is 5.02 Å². The van der Waals surface area contributed by atoms with Crippen LogP contribution < -0.4 is 16.4 Å². The molecular weight excluding hydrogens is 732 g/mol. The number of amides is 3. The lowest BCUT2D eigenvalue weighted by Crippen LogP contribution is -2.68. The molecule has 0 aliphatic carbocycles. The number of ketones is 1. The van der Waals surface area contributed by atoms with Crippen molar-refractivity contribution in [1.82, 2.24) is 20.5 Å². The Hall–Kier alpha value is -4.31. The van der Waals surface area contributed by atoms with Gasteiger partial charge in [-0.15, -0.1) is 34.9 Å². The molecule has 0 bridgehead atoms. The van der Waals surface area contributed by atoms with Gasteiger partial charge < -0.3 is 51.3 Å². The zero-order valence-corrected chi connectivity index (χ0v) is 28.9. The summed E-state index contributed by atoms with van der Waals surface area (Å²) in [7, 11) is 1.32. The van der Waals surface area contributed by atoms with Crippen molar-refractivity contribution in [3.05, 3.63) is 33.8 Å². The minimum atomic E-state index is -1.83. The highest BCUT2D eigenvalue weighted by Crippen LogP contribution is 2.52. The number of aromatic nitrogens is 1. The Bertz CT molecular complexity index is 1740. The number of ether oxygens (including phenoxy) is 1. The quantitative estimate of drug-likeness (QED) is 0.0321. The maximum absolute atomic E-state index is 13.3. The van der Waals surface area contributed by atoms with Crippen LogP contribution in [-0.4, -0.2) is 125 Å². The summed E-state index contributed by atoms with van der Waals surface area (Å²) in [5.74, 6) is -8.00. The second-order valence-corrected chi connectivity index (χ2v) is 15.2. The lowest BCUT2D eigenvalue weighted by molar-refractivity contribution is -0.161. The molecule has 3 heterocycles. The molecule has 2 fully saturated rings. The summed E-state index contributed by atoms with van der Waals surface area (Å²) in [5, 5.41) is 47.7. The SMILES string of the molecule is COCC(CSC1(C(=O)O)CN2C(=O)C(NC(=O)/C(=N\OC(C)(C)C(=O)O)c3csc(N)n3)[C@H]2S1)NC(=O)C(=O)c1ccc(O)c(O)c1Cl. The van der Waals surface area contributed by atoms with Crippen molar-refractivity contribution in [2.24, 2.45) is 5.16 Å². The highest BCUT2D eigenvalue weighted by molar-refractivity contribution is 8.20. The molecule has 8 N–H and O–H groups in total. The number of fused-ring (bicyclic) bond motifs is 1. The van der Waals surface area contributed by atoms with E-state index in [4.69, 9.17) is 26.9 Å². The maximum atomic E-state index is 13.3. The number of halogens is 1. The number of benzene rings is 1. The summed E-state index contributed by atoms with van der Waals surface area (Å²) in [4.78, 5) is 86.3. The average Bonchev–Trinajstić information content (AvgIpc) is 3.63. The van der Waals surface area contributed by atoms with Crippen molar-refractivity contribution in [3.63, 3.8) is 0 Å². The van der Waals surface area contributed by atoms with Gasteiger partial charge in [-0.1, -0.05) is 16.8 Å². The highest BCUT2D eigenvalue weighted by Gasteiger charge is 2.63. The van der Waals surface area contributed by atoms with E-state index in [1.165, 1.54) is 31.2 Å². The summed E-state index contributed by atoms with van der Waals surface area (Å²) in [6.45, 7) is 1.98. The predicted octanol–water partition coefficient (Wildman–Crippen LogP) is 0.302. The third-order valence-corrected chi connectivity index (χ3v) is 11.6. The summed E-state index contributed by atoms with van der Waals surface area (Å²) < 4.78 is 3.47. The van der Waals surface area contributed by atoms with Crippen molar-refractivity contribution in [1.29, 1.82) is 0 Å². The van der Waals surface area contributed by atoms with Crippen LogP contribution in [0.25, 0.3) is 0 Å². The number of thioether (sulfide) groups is 2. The van der Waals surface area contributed by atoms with Gasteiger partial charge in [-0.2, -0.15) is 0 Å². The number of aliphatic carboxylic acids is 2. The number of carbonyl (C=O) groups is 6. The molecule has 22 heteroatoms. The maximum Gasteiger partial charge on any atom is 0.350 e. The number of nitrogens with zero attached hydrogens (tertiary/aromatic N) is 3. The number of thiazole rings is 1. The van der Waals surface area contributed by atoms with Crippen LogP contribution in [0.1, 0.15) is 29.9 Å². The minimum absolute atomic E-state index is 0.0477. The van der Waals surface area contributed by atoms with Crippen molar-refractivity contribution in [2.75, 3.05) is 31.7 Å². The average molecular weight is 761 g/mol. The standard InChI is InChI=1S/C27H29ClN6O12S3/c1-26(2,23(41)42)46-33-15(12-8-47-25(29)31-12)19(38)32-16-21(40)34-9-27(24(43)44,49-22(16)34)48-7-10(6-45-3)30-20(39)17(36)11-4-5-13(35)18(37)14(11)28/h4-5,8,10,16,22,35,37H,6-7,9H2,1-3H3,(H2,29,31)(H,30,39)(H,32,38)(H,41,42)(H,43,44)/b33-15-/t10?,16?,22-,27?/m1/s1. The largest absolute Gasteiger partial charge is 0.504 e. The van der Waals surface area contributed by atoms with Crippen LogP contribution in [0.4, 0.5) is 5.13 Å². The van der Waals surface area contributed by atoms with Gasteiger partial charge in [0.1, 0.15) is 17.1 Å². The molecule has 0 saturated carbocycles. The van der Waals surface area contributed by atoms with Gasteiger partial charge in [0.05, 0.1) is 29.8 Å². The Morgan fingerprint density at radius 1 is 1.24 bits per heavy atom. The van der Waals surface area contributed by atoms with Gasteiger partial charge >= 0.3 is 11.9 Å². The number of methoxy groups -OCH3 is 1. The molecule has 0 radical (unpaired) electrons. The Morgan fingerprint density at radius 2 is 1.94 bits per heavy atom. The molecular formula is C27H29ClN6O12S3. The first-order valence-electron chi connectivity index (χ1n) is 13.8. The van der Waals surface area contributed by atoms with Crippen LogP contribution in [0.15, 0.2) is 22.7 Å². The number of rotatable bonds is 15. The first-order chi connectivity index (χ1) is 22.9. The molecule has 2 saturated heterocycles. The summed E-state index contributed by atoms with van der Waals surface area (Å²) >= 11 is 8.62. The highest BCUT2D eigenvalue weighted by atomic mass is 35.5. The molecule has 4 atom stereocenters. The number of nitrogens with two attached hydrogens (primary N) is 1. The van der Waals surface area contributed by atoms with Gasteiger partial charge in [0.2, 0.25) is 11.5 Å². The number of β-lactam (4-membered cyclic amide) rings is 1. The first-order valence-corrected chi connectivity index (χ1v) is 17.0. The molecule has 0 spiro atoms. The van der Waals surface area contributed by atoms with Crippen molar-refractivity contribution >= 4 is 92.7 Å². The zero-order valence-electron chi connectivity index (χ0n) is 25.7. The second-order valence-electron chi connectivity index (χ2n) is 11.0. The number of aromatic hydroxyl groups is 2. The van der Waals surface area contributed by atoms with Crippen LogP contribution in [0.3, 0.4) is 0 Å². The molecule has 2 aromatic rings. The Morgan fingerprint density at radius 3 is 2.53 bits per heavy atom. The Balaban J connectivity index is 1.46. The minimum Gasteiger partial charge on any atom is -0.504 e. The van der Waals surface area contributed by atoms with Gasteiger partial charge in [-0.25, -0.2) is 14.6 Å². The van der Waals surface area contributed by atoms with Crippen molar-refractivity contribution in [2.45, 2.75) is 41.0 Å². The number of hydrogen-bond donors (Lipinski definition) is 7. The van der Waals surface area contributed by atoms with E-state index >= 15 is 0 Å². The van der Waals surface area contributed by atoms with E-state index < -0.39 is 84.8 Å². The van der Waals surface area contributed by atoms with Gasteiger partial charge in [0.25, 0.3) is 17.6 Å². The molecule has 49 heavy (non-hydrogen) atoms. The van der Waals surface area contributed by atoms with Crippen molar-refractivity contribution < 1.29 is 58.8 Å². The van der Waals surface area contributed by atoms with E-state index in [0.29, 0.717) is 0 Å². The van der Waals surface area contributed by atoms with Crippen LogP contribution in [0, 0.1) is 0 Å². The van der Waals surface area contributed by atoms with E-state index in [9.17, 15) is 49.2 Å². The number of nitrogens with one attached hydrogen (secondary N) is 2. The molecule has 2 aliphatic heterocycles. The number of carboxylic acid groups (broad SMARTS) is 2. The van der Waals surface area contributed by atoms with Crippen LogP contribution >= 0.6 is 46.5 Å². The number of Topliss-reactive ketones (excluding diaryl/α,β-unsaturated/α-hetero) is 1. The van der Waals surface area contributed by atoms with Gasteiger partial charge in [0.15, 0.2) is 26.4 Å². The fourth-order valence-electron chi connectivity index (χ4n) is 4.35. The molecule has 3 amide bonds. The lowest BCUT2D eigenvalue weighted by atomic mass is 10.1. The number of phenolic OH excluding ortho intramolecular Hbond substituents is 2. The number of phenols is 2. The summed E-state index contributed by atoms with van der Waals surface area (Å²) in [6.07, 6.45) is 0. The molecule has 3 unspecified atom stereocenters. The van der Waals surface area contributed by atoms with E-state index in [1.807, 2.05) is 0 Å². The Labute approximate surface area is 294 Å². The lowest BCUT2D eigenvalue weighted by Gasteiger charge is -2.41. The molecule has 2 aliphatic rings. The third kappa shape index (κ3) is 7.80. The Kier molecular flexibility index (Phi) is 11.2. The molecule has 264 valence electrons. The molecule has 4 rings (SSSR count). The molecule has 1 aromatic carbocycles. The number of hydrogen-bond acceptors (Lipinski definition) is 16. The summed E-state index contributed by atoms with van der Waals surface area (Å²) in [5.41, 5.74) is 2.96. The monoisotopic (exact) mass is 760 g/mol. The van der Waals surface area contributed by atoms with Gasteiger partial charge in [-0.05, 0) is 26.0 Å². The predicted molar refractivity (Wildman–Crippen MR) is 177 cm³/mol. The van der Waals surface area contributed by atoms with E-state index in [2.05, 4.69) is 20.8 Å². The van der Waals surface area contributed by atoms with E-state index in [-0.39, 0.29) is 35.3 Å². The topological polar surface area (TPSA) is 280 Å². The smallest absolute Gasteiger partial charge is 0.350 e. The number of nitrogen functional groups attached to an aromatic ring is 1. The van der Waals surface area contributed by atoms with Gasteiger partial charge in [0, 0.05) is 18.2 Å². The number of oxime groups is 1. The van der Waals surface area contributed by atoms with Crippen molar-refractivity contribution in [3.8, 4) is 11.5 Å². The number of carboxylic acids is 2. The fraction of sp³-hybridized carbons (Fsp3) is 0.407. The number of anilines is 1. The number of carbonyl (C=O) groups excluding carboxylic acids is 4. The van der Waals surface area contributed by atoms with E-state index in [1.54, 1.807) is 0 Å². The fourth-order valence-corrected chi connectivity index (χ4v) is 8.25. The zero-order chi connectivity index (χ0) is 36.4. The van der Waals surface area contributed by atoms with Crippen LogP contribution in [0.5, 0.6) is 11.5 Å². The van der Waals surface area contributed by atoms with Crippen LogP contribution in [-0.2, 0) is 33.5 Å². The molecule has 18 nitrogen and oxygen atoms in total. The first kappa shape index (κ1) is 37.5. The normalized spacial score (nSPS) is 20.9. The van der Waals surface area contributed by atoms with E-state index in [0.717, 1.165) is 47.0 Å². The van der Waals surface area contributed by atoms with Gasteiger partial charge in [-0.3, -0.25) is 19.2 Å². The molecule has 1 aromatic heterocycles. The summed E-state index contributed by atoms with van der Waals surface area (Å²) in [6, 6.07) is -0.0805. The third-order valence-electron chi connectivity index (χ3n) is 7.07.